The van der Waals surface area contributed by atoms with Gasteiger partial charge in [0.05, 0.1) is 13.5 Å². The van der Waals surface area contributed by atoms with Gasteiger partial charge in [-0.15, -0.1) is 0 Å². The minimum absolute atomic E-state index is 0.0803. The van der Waals surface area contributed by atoms with E-state index in [0.29, 0.717) is 17.0 Å². The molecule has 0 aliphatic carbocycles. The Labute approximate surface area is 75.9 Å². The number of rotatable bonds is 3. The monoisotopic (exact) mass is 181 g/mol. The van der Waals surface area contributed by atoms with E-state index in [4.69, 9.17) is 15.6 Å². The molecule has 4 heteroatoms. The molecule has 0 atom stereocenters. The first-order chi connectivity index (χ1) is 6.13. The number of carboxylic acid groups (broad SMARTS) is 1. The lowest BCUT2D eigenvalue weighted by molar-refractivity contribution is -0.136. The third-order valence-corrected chi connectivity index (χ3v) is 1.69. The molecule has 0 amide bonds. The number of carbonyl (C=O) groups is 1. The van der Waals surface area contributed by atoms with Gasteiger partial charge in [-0.25, -0.2) is 0 Å². The van der Waals surface area contributed by atoms with Gasteiger partial charge in [-0.1, -0.05) is 0 Å². The number of nitrogens with two attached hydrogens (primary N) is 1. The molecule has 0 unspecified atom stereocenters. The van der Waals surface area contributed by atoms with Crippen molar-refractivity contribution in [3.8, 4) is 5.75 Å². The molecule has 0 aromatic heterocycles. The van der Waals surface area contributed by atoms with E-state index in [-0.39, 0.29) is 6.42 Å². The fraction of sp³-hybridized carbons (Fsp3) is 0.222. The van der Waals surface area contributed by atoms with Gasteiger partial charge < -0.3 is 15.6 Å². The predicted molar refractivity (Wildman–Crippen MR) is 48.7 cm³/mol. The summed E-state index contributed by atoms with van der Waals surface area (Å²) in [5.74, 6) is -0.287. The van der Waals surface area contributed by atoms with Gasteiger partial charge >= 0.3 is 5.97 Å². The summed E-state index contributed by atoms with van der Waals surface area (Å²) in [6, 6.07) is 4.96. The highest BCUT2D eigenvalue weighted by molar-refractivity contribution is 5.73. The average Bonchev–Trinajstić information content (AvgIpc) is 2.08. The molecule has 1 rings (SSSR count). The van der Waals surface area contributed by atoms with Gasteiger partial charge in [0, 0.05) is 5.69 Å². The summed E-state index contributed by atoms with van der Waals surface area (Å²) in [6.07, 6.45) is -0.0803. The molecule has 0 aliphatic heterocycles. The second kappa shape index (κ2) is 3.80. The molecule has 0 heterocycles. The van der Waals surface area contributed by atoms with E-state index in [9.17, 15) is 4.79 Å². The standard InChI is InChI=1S/C9H11NO3/c1-13-7-2-3-8(10)6(4-7)5-9(11)12/h2-4H,5,10H2,1H3,(H,11,12). The largest absolute Gasteiger partial charge is 0.497 e. The fourth-order valence-electron chi connectivity index (χ4n) is 1.03. The summed E-state index contributed by atoms with van der Waals surface area (Å²) in [5.41, 5.74) is 6.62. The molecule has 0 saturated carbocycles. The van der Waals surface area contributed by atoms with Crippen LogP contribution in [0.4, 0.5) is 5.69 Å². The van der Waals surface area contributed by atoms with Crippen LogP contribution in [-0.2, 0) is 11.2 Å². The molecule has 0 radical (unpaired) electrons. The number of anilines is 1. The zero-order valence-corrected chi connectivity index (χ0v) is 7.28. The van der Waals surface area contributed by atoms with Gasteiger partial charge in [-0.05, 0) is 23.8 Å². The fourth-order valence-corrected chi connectivity index (χ4v) is 1.03. The smallest absolute Gasteiger partial charge is 0.307 e. The van der Waals surface area contributed by atoms with Crippen molar-refractivity contribution in [1.82, 2.24) is 0 Å². The van der Waals surface area contributed by atoms with Crippen LogP contribution >= 0.6 is 0 Å². The molecule has 0 spiro atoms. The summed E-state index contributed by atoms with van der Waals surface area (Å²) < 4.78 is 4.94. The zero-order chi connectivity index (χ0) is 9.84. The van der Waals surface area contributed by atoms with Crippen molar-refractivity contribution >= 4 is 11.7 Å². The SMILES string of the molecule is COc1ccc(N)c(CC(=O)O)c1. The van der Waals surface area contributed by atoms with E-state index < -0.39 is 5.97 Å². The van der Waals surface area contributed by atoms with Gasteiger partial charge in [0.25, 0.3) is 0 Å². The number of ether oxygens (including phenoxy) is 1. The van der Waals surface area contributed by atoms with Crippen LogP contribution in [0, 0.1) is 0 Å². The molecule has 1 aromatic carbocycles. The van der Waals surface area contributed by atoms with Crippen LogP contribution in [0.25, 0.3) is 0 Å². The van der Waals surface area contributed by atoms with Crippen molar-refractivity contribution < 1.29 is 14.6 Å². The lowest BCUT2D eigenvalue weighted by Gasteiger charge is -2.05. The van der Waals surface area contributed by atoms with E-state index >= 15 is 0 Å². The lowest BCUT2D eigenvalue weighted by Crippen LogP contribution is -2.03. The normalized spacial score (nSPS) is 9.62. The minimum atomic E-state index is -0.903. The molecular weight excluding hydrogens is 170 g/mol. The topological polar surface area (TPSA) is 72.5 Å². The molecule has 0 bridgehead atoms. The second-order valence-electron chi connectivity index (χ2n) is 2.64. The number of nitrogen functional groups attached to an aromatic ring is 1. The van der Waals surface area contributed by atoms with Gasteiger partial charge in [-0.2, -0.15) is 0 Å². The number of aliphatic carboxylic acids is 1. The van der Waals surface area contributed by atoms with Crippen LogP contribution in [-0.4, -0.2) is 18.2 Å². The van der Waals surface area contributed by atoms with Crippen molar-refractivity contribution in [3.63, 3.8) is 0 Å². The Morgan fingerprint density at radius 3 is 2.85 bits per heavy atom. The maximum Gasteiger partial charge on any atom is 0.307 e. The van der Waals surface area contributed by atoms with E-state index in [2.05, 4.69) is 0 Å². The third-order valence-electron chi connectivity index (χ3n) is 1.69. The molecule has 0 aliphatic rings. The predicted octanol–water partition coefficient (Wildman–Crippen LogP) is 0.904. The molecule has 70 valence electrons. The summed E-state index contributed by atoms with van der Waals surface area (Å²) in [6.45, 7) is 0. The Morgan fingerprint density at radius 2 is 2.31 bits per heavy atom. The first-order valence-electron chi connectivity index (χ1n) is 3.77. The number of hydrogen-bond donors (Lipinski definition) is 2. The van der Waals surface area contributed by atoms with Gasteiger partial charge in [0.2, 0.25) is 0 Å². The van der Waals surface area contributed by atoms with Gasteiger partial charge in [0.15, 0.2) is 0 Å². The van der Waals surface area contributed by atoms with E-state index in [1.807, 2.05) is 0 Å². The van der Waals surface area contributed by atoms with Gasteiger partial charge in [0.1, 0.15) is 5.75 Å². The maximum atomic E-state index is 10.4. The first kappa shape index (κ1) is 9.38. The molecule has 4 nitrogen and oxygen atoms in total. The van der Waals surface area contributed by atoms with Crippen molar-refractivity contribution in [2.75, 3.05) is 12.8 Å². The first-order valence-corrected chi connectivity index (χ1v) is 3.77. The van der Waals surface area contributed by atoms with Crippen molar-refractivity contribution in [3.05, 3.63) is 23.8 Å². The Bertz CT molecular complexity index is 323. The highest BCUT2D eigenvalue weighted by Gasteiger charge is 2.05. The van der Waals surface area contributed by atoms with Crippen LogP contribution in [0.1, 0.15) is 5.56 Å². The zero-order valence-electron chi connectivity index (χ0n) is 7.28. The lowest BCUT2D eigenvalue weighted by atomic mass is 10.1. The summed E-state index contributed by atoms with van der Waals surface area (Å²) in [4.78, 5) is 10.4. The summed E-state index contributed by atoms with van der Waals surface area (Å²) in [7, 11) is 1.52. The van der Waals surface area contributed by atoms with Crippen molar-refractivity contribution in [1.29, 1.82) is 0 Å². The molecule has 0 saturated heterocycles. The number of benzene rings is 1. The summed E-state index contributed by atoms with van der Waals surface area (Å²) in [5, 5.41) is 8.56. The Hall–Kier alpha value is -1.71. The van der Waals surface area contributed by atoms with Crippen molar-refractivity contribution in [2.45, 2.75) is 6.42 Å². The molecule has 13 heavy (non-hydrogen) atoms. The molecule has 3 N–H and O–H groups in total. The van der Waals surface area contributed by atoms with Crippen LogP contribution in [0.2, 0.25) is 0 Å². The van der Waals surface area contributed by atoms with Crippen LogP contribution in [0.5, 0.6) is 5.75 Å². The Morgan fingerprint density at radius 1 is 1.62 bits per heavy atom. The summed E-state index contributed by atoms with van der Waals surface area (Å²) >= 11 is 0. The highest BCUT2D eigenvalue weighted by Crippen LogP contribution is 2.19. The second-order valence-corrected chi connectivity index (χ2v) is 2.64. The number of methoxy groups -OCH3 is 1. The number of hydrogen-bond acceptors (Lipinski definition) is 3. The highest BCUT2D eigenvalue weighted by atomic mass is 16.5. The molecular formula is C9H11NO3. The number of carboxylic acids is 1. The van der Waals surface area contributed by atoms with Crippen LogP contribution in [0.15, 0.2) is 18.2 Å². The van der Waals surface area contributed by atoms with Crippen LogP contribution in [0.3, 0.4) is 0 Å². The third kappa shape index (κ3) is 2.37. The van der Waals surface area contributed by atoms with E-state index in [0.717, 1.165) is 0 Å². The molecule has 0 fully saturated rings. The maximum absolute atomic E-state index is 10.4. The van der Waals surface area contributed by atoms with E-state index in [1.165, 1.54) is 7.11 Å². The Balaban J connectivity index is 2.96. The van der Waals surface area contributed by atoms with E-state index in [1.54, 1.807) is 18.2 Å². The minimum Gasteiger partial charge on any atom is -0.497 e. The van der Waals surface area contributed by atoms with Crippen LogP contribution < -0.4 is 10.5 Å². The van der Waals surface area contributed by atoms with Gasteiger partial charge in [-0.3, -0.25) is 4.79 Å². The average molecular weight is 181 g/mol. The van der Waals surface area contributed by atoms with Crippen molar-refractivity contribution in [2.24, 2.45) is 0 Å². The quantitative estimate of drug-likeness (QED) is 0.679. The Kier molecular flexibility index (Phi) is 2.74. The molecule has 1 aromatic rings.